The number of hydrogen-bond donors (Lipinski definition) is 3. The summed E-state index contributed by atoms with van der Waals surface area (Å²) in [4.78, 5) is 11.9. The van der Waals surface area contributed by atoms with Gasteiger partial charge in [-0.3, -0.25) is 4.79 Å². The van der Waals surface area contributed by atoms with Gasteiger partial charge < -0.3 is 25.6 Å². The van der Waals surface area contributed by atoms with Crippen molar-refractivity contribution < 1.29 is 23.8 Å². The summed E-state index contributed by atoms with van der Waals surface area (Å²) in [5, 5.41) is 12.4. The van der Waals surface area contributed by atoms with Crippen LogP contribution in [0.25, 0.3) is 0 Å². The molecule has 2 rings (SSSR count). The maximum atomic E-state index is 12.7. The highest BCUT2D eigenvalue weighted by Crippen LogP contribution is 2.18. The number of nitrogens with one attached hydrogen (secondary N) is 1. The predicted molar refractivity (Wildman–Crippen MR) is 77.9 cm³/mol. The molecule has 1 heterocycles. The van der Waals surface area contributed by atoms with E-state index in [-0.39, 0.29) is 31.0 Å². The number of carbonyl (C=O) groups is 1. The zero-order valence-electron chi connectivity index (χ0n) is 12.2. The van der Waals surface area contributed by atoms with Gasteiger partial charge in [-0.25, -0.2) is 4.39 Å². The van der Waals surface area contributed by atoms with Crippen LogP contribution in [0.3, 0.4) is 0 Å². The Kier molecular flexibility index (Phi) is 6.11. The molecule has 4 N–H and O–H groups in total. The Bertz CT molecular complexity index is 483. The molecule has 0 aliphatic carbocycles. The molecule has 0 saturated carbocycles. The van der Waals surface area contributed by atoms with Gasteiger partial charge in [-0.05, 0) is 37.1 Å². The van der Waals surface area contributed by atoms with Crippen molar-refractivity contribution in [1.82, 2.24) is 5.32 Å². The summed E-state index contributed by atoms with van der Waals surface area (Å²) in [6.07, 6.45) is -0.0253. The average Bonchev–Trinajstić information content (AvgIpc) is 3.01. The first-order valence-corrected chi connectivity index (χ1v) is 7.28. The normalized spacial score (nSPS) is 22.3. The quantitative estimate of drug-likeness (QED) is 0.668. The minimum Gasteiger partial charge on any atom is -0.491 e. The number of rotatable bonds is 7. The lowest BCUT2D eigenvalue weighted by Gasteiger charge is -2.16. The zero-order chi connectivity index (χ0) is 15.9. The average molecular weight is 312 g/mol. The van der Waals surface area contributed by atoms with Crippen LogP contribution < -0.4 is 15.8 Å². The first kappa shape index (κ1) is 16.7. The van der Waals surface area contributed by atoms with Crippen molar-refractivity contribution in [3.8, 4) is 5.75 Å². The number of carbonyl (C=O) groups excluding carboxylic acids is 1. The predicted octanol–water partition coefficient (Wildman–Crippen LogP) is 0.188. The fourth-order valence-corrected chi connectivity index (χ4v) is 2.19. The Hall–Kier alpha value is -1.70. The van der Waals surface area contributed by atoms with E-state index >= 15 is 0 Å². The maximum Gasteiger partial charge on any atom is 0.249 e. The molecule has 122 valence electrons. The smallest absolute Gasteiger partial charge is 0.249 e. The van der Waals surface area contributed by atoms with Crippen molar-refractivity contribution in [2.75, 3.05) is 19.7 Å². The van der Waals surface area contributed by atoms with Gasteiger partial charge >= 0.3 is 0 Å². The fraction of sp³-hybridized carbons (Fsp3) is 0.533. The van der Waals surface area contributed by atoms with Crippen LogP contribution >= 0.6 is 0 Å². The number of ether oxygens (including phenoxy) is 2. The van der Waals surface area contributed by atoms with Gasteiger partial charge in [0, 0.05) is 13.1 Å². The third kappa shape index (κ3) is 4.94. The molecule has 7 heteroatoms. The Balaban J connectivity index is 1.66. The minimum absolute atomic E-state index is 0.00284. The molecule has 1 amide bonds. The highest BCUT2D eigenvalue weighted by Gasteiger charge is 2.29. The van der Waals surface area contributed by atoms with E-state index in [0.717, 1.165) is 6.42 Å². The fourth-order valence-electron chi connectivity index (χ4n) is 2.19. The Morgan fingerprint density at radius 1 is 1.45 bits per heavy atom. The first-order chi connectivity index (χ1) is 10.6. The number of benzene rings is 1. The van der Waals surface area contributed by atoms with E-state index in [4.69, 9.17) is 15.2 Å². The van der Waals surface area contributed by atoms with E-state index in [2.05, 4.69) is 5.32 Å². The van der Waals surface area contributed by atoms with Gasteiger partial charge in [-0.2, -0.15) is 0 Å². The molecule has 1 aromatic carbocycles. The molecule has 0 spiro atoms. The lowest BCUT2D eigenvalue weighted by Crippen LogP contribution is -2.41. The molecule has 0 bridgehead atoms. The summed E-state index contributed by atoms with van der Waals surface area (Å²) in [5.74, 6) is -0.152. The number of hydrogen-bond acceptors (Lipinski definition) is 5. The van der Waals surface area contributed by atoms with Gasteiger partial charge in [-0.15, -0.1) is 0 Å². The van der Waals surface area contributed by atoms with Crippen molar-refractivity contribution in [2.24, 2.45) is 5.73 Å². The van der Waals surface area contributed by atoms with Crippen LogP contribution in [-0.2, 0) is 9.53 Å². The van der Waals surface area contributed by atoms with Crippen molar-refractivity contribution in [1.29, 1.82) is 0 Å². The van der Waals surface area contributed by atoms with Crippen LogP contribution in [0.2, 0.25) is 0 Å². The van der Waals surface area contributed by atoms with Crippen molar-refractivity contribution >= 4 is 5.91 Å². The molecule has 0 aromatic heterocycles. The second-order valence-corrected chi connectivity index (χ2v) is 5.22. The van der Waals surface area contributed by atoms with Crippen molar-refractivity contribution in [3.63, 3.8) is 0 Å². The lowest BCUT2D eigenvalue weighted by atomic mass is 10.2. The Morgan fingerprint density at radius 2 is 2.18 bits per heavy atom. The van der Waals surface area contributed by atoms with E-state index in [1.807, 2.05) is 0 Å². The molecule has 0 radical (unpaired) electrons. The number of aliphatic hydroxyl groups is 1. The summed E-state index contributed by atoms with van der Waals surface area (Å²) < 4.78 is 23.5. The third-order valence-electron chi connectivity index (χ3n) is 3.43. The van der Waals surface area contributed by atoms with E-state index in [1.165, 1.54) is 24.3 Å². The number of halogens is 1. The van der Waals surface area contributed by atoms with Crippen LogP contribution in [0.1, 0.15) is 12.8 Å². The lowest BCUT2D eigenvalue weighted by molar-refractivity contribution is -0.132. The molecular formula is C15H21FN2O4. The molecule has 22 heavy (non-hydrogen) atoms. The van der Waals surface area contributed by atoms with Crippen LogP contribution in [0.15, 0.2) is 24.3 Å². The van der Waals surface area contributed by atoms with E-state index < -0.39 is 12.2 Å². The molecule has 1 unspecified atom stereocenters. The van der Waals surface area contributed by atoms with Crippen LogP contribution in [0.5, 0.6) is 5.75 Å². The van der Waals surface area contributed by atoms with Crippen LogP contribution in [0.4, 0.5) is 4.39 Å². The van der Waals surface area contributed by atoms with Gasteiger partial charge in [0.15, 0.2) is 0 Å². The monoisotopic (exact) mass is 312 g/mol. The number of amides is 1. The molecule has 1 fully saturated rings. The molecule has 1 aromatic rings. The molecule has 1 saturated heterocycles. The maximum absolute atomic E-state index is 12.7. The number of aliphatic hydroxyl groups excluding tert-OH is 1. The summed E-state index contributed by atoms with van der Waals surface area (Å²) >= 11 is 0. The Labute approximate surface area is 128 Å². The topological polar surface area (TPSA) is 93.8 Å². The van der Waals surface area contributed by atoms with Crippen LogP contribution in [-0.4, -0.2) is 49.0 Å². The van der Waals surface area contributed by atoms with Gasteiger partial charge in [0.25, 0.3) is 0 Å². The molecule has 6 nitrogen and oxygen atoms in total. The Morgan fingerprint density at radius 3 is 2.82 bits per heavy atom. The van der Waals surface area contributed by atoms with Crippen LogP contribution in [0, 0.1) is 5.82 Å². The standard InChI is InChI=1S/C15H21FN2O4/c16-10-1-3-12(4-2-10)21-9-11(19)8-18-15(20)14-6-5-13(7-17)22-14/h1-4,11,13-14,19H,5-9,17H2,(H,18,20)/t11?,13-,14+/m1/s1. The highest BCUT2D eigenvalue weighted by molar-refractivity contribution is 5.81. The summed E-state index contributed by atoms with van der Waals surface area (Å²) in [6.45, 7) is 0.466. The van der Waals surface area contributed by atoms with Gasteiger partial charge in [-0.1, -0.05) is 0 Å². The summed E-state index contributed by atoms with van der Waals surface area (Å²) in [7, 11) is 0. The van der Waals surface area contributed by atoms with Crippen molar-refractivity contribution in [2.45, 2.75) is 31.2 Å². The molecule has 1 aliphatic rings. The minimum atomic E-state index is -0.860. The first-order valence-electron chi connectivity index (χ1n) is 7.28. The van der Waals surface area contributed by atoms with E-state index in [9.17, 15) is 14.3 Å². The van der Waals surface area contributed by atoms with E-state index in [0.29, 0.717) is 18.7 Å². The second kappa shape index (κ2) is 8.07. The summed E-state index contributed by atoms with van der Waals surface area (Å²) in [5.41, 5.74) is 5.49. The number of nitrogens with two attached hydrogens (primary N) is 1. The summed E-state index contributed by atoms with van der Waals surface area (Å²) in [6, 6.07) is 5.49. The molecule has 1 aliphatic heterocycles. The van der Waals surface area contributed by atoms with Gasteiger partial charge in [0.2, 0.25) is 5.91 Å². The van der Waals surface area contributed by atoms with E-state index in [1.54, 1.807) is 0 Å². The molecular weight excluding hydrogens is 291 g/mol. The van der Waals surface area contributed by atoms with Gasteiger partial charge in [0.05, 0.1) is 6.10 Å². The van der Waals surface area contributed by atoms with Gasteiger partial charge in [0.1, 0.15) is 30.4 Å². The third-order valence-corrected chi connectivity index (χ3v) is 3.43. The highest BCUT2D eigenvalue weighted by atomic mass is 19.1. The van der Waals surface area contributed by atoms with Crippen molar-refractivity contribution in [3.05, 3.63) is 30.1 Å². The SMILES string of the molecule is NC[C@H]1CC[C@@H](C(=O)NCC(O)COc2ccc(F)cc2)O1. The molecule has 3 atom stereocenters. The second-order valence-electron chi connectivity index (χ2n) is 5.22. The zero-order valence-corrected chi connectivity index (χ0v) is 12.2. The largest absolute Gasteiger partial charge is 0.491 e.